The monoisotopic (exact) mass is 676 g/mol. The van der Waals surface area contributed by atoms with Crippen LogP contribution in [0.2, 0.25) is 10.0 Å². The number of fused-ring (bicyclic) bond motifs is 1. The molecule has 5 aromatic rings. The minimum Gasteiger partial charge on any atom is -0.481 e. The van der Waals surface area contributed by atoms with Crippen LogP contribution in [0.4, 0.5) is 11.5 Å². The quantitative estimate of drug-likeness (QED) is 0.208. The summed E-state index contributed by atoms with van der Waals surface area (Å²) in [6.45, 7) is 3.17. The summed E-state index contributed by atoms with van der Waals surface area (Å²) in [4.78, 5) is 35.1. The number of rotatable bonds is 8. The number of hydrogen-bond acceptors (Lipinski definition) is 9. The first kappa shape index (κ1) is 32.7. The summed E-state index contributed by atoms with van der Waals surface area (Å²) in [5.74, 6) is 0.732. The fraction of sp³-hybridized carbons (Fsp3) is 0.294. The lowest BCUT2D eigenvalue weighted by Crippen LogP contribution is -2.46. The molecule has 0 amide bonds. The summed E-state index contributed by atoms with van der Waals surface area (Å²) in [6.07, 6.45) is 0.146. The molecule has 13 heteroatoms. The molecule has 0 saturated carbocycles. The molecular weight excluding hydrogens is 643 g/mol. The Hall–Kier alpha value is -4.26. The number of pyridine rings is 2. The van der Waals surface area contributed by atoms with Crippen molar-refractivity contribution in [3.8, 4) is 28.3 Å². The maximum atomic E-state index is 13.2. The van der Waals surface area contributed by atoms with E-state index in [0.29, 0.717) is 81.4 Å². The van der Waals surface area contributed by atoms with Gasteiger partial charge in [-0.25, -0.2) is 14.8 Å². The lowest BCUT2D eigenvalue weighted by Gasteiger charge is -2.28. The van der Waals surface area contributed by atoms with E-state index in [1.54, 1.807) is 33.2 Å². The van der Waals surface area contributed by atoms with Crippen molar-refractivity contribution in [1.82, 2.24) is 24.4 Å². The number of aryl methyl sites for hydroxylation is 2. The van der Waals surface area contributed by atoms with Crippen LogP contribution in [-0.2, 0) is 25.4 Å². The summed E-state index contributed by atoms with van der Waals surface area (Å²) < 4.78 is 13.4. The number of aliphatic hydroxyl groups excluding tert-OH is 1. The molecule has 2 unspecified atom stereocenters. The van der Waals surface area contributed by atoms with Crippen LogP contribution in [0.25, 0.3) is 33.3 Å². The van der Waals surface area contributed by atoms with E-state index in [1.165, 1.54) is 11.6 Å². The van der Waals surface area contributed by atoms with Crippen LogP contribution in [-0.4, -0.2) is 56.7 Å². The molecule has 1 aliphatic rings. The maximum absolute atomic E-state index is 13.2. The van der Waals surface area contributed by atoms with Crippen molar-refractivity contribution in [1.29, 1.82) is 0 Å². The highest BCUT2D eigenvalue weighted by Crippen LogP contribution is 2.42. The molecule has 2 aromatic carbocycles. The van der Waals surface area contributed by atoms with Crippen LogP contribution in [0.1, 0.15) is 17.7 Å². The van der Waals surface area contributed by atoms with Gasteiger partial charge >= 0.3 is 5.69 Å². The largest absolute Gasteiger partial charge is 0.481 e. The van der Waals surface area contributed by atoms with Gasteiger partial charge in [-0.05, 0) is 31.5 Å². The zero-order valence-electron chi connectivity index (χ0n) is 26.3. The fourth-order valence-electron chi connectivity index (χ4n) is 5.84. The summed E-state index contributed by atoms with van der Waals surface area (Å²) >= 11 is 14.0. The number of halogens is 2. The molecule has 2 atom stereocenters. The number of nitrogens with one attached hydrogen (secondary N) is 2. The zero-order valence-corrected chi connectivity index (χ0v) is 27.8. The molecule has 1 aliphatic heterocycles. The summed E-state index contributed by atoms with van der Waals surface area (Å²) in [6, 6.07) is 16.5. The first-order chi connectivity index (χ1) is 22.6. The Labute approximate surface area is 280 Å². The molecule has 6 rings (SSSR count). The predicted molar refractivity (Wildman–Crippen MR) is 184 cm³/mol. The Kier molecular flexibility index (Phi) is 9.36. The zero-order chi connectivity index (χ0) is 33.4. The summed E-state index contributed by atoms with van der Waals surface area (Å²) in [5.41, 5.74) is 4.18. The molecule has 3 aromatic heterocycles. The van der Waals surface area contributed by atoms with Gasteiger partial charge in [0.1, 0.15) is 11.2 Å². The van der Waals surface area contributed by atoms with Crippen LogP contribution >= 0.6 is 23.2 Å². The van der Waals surface area contributed by atoms with Gasteiger partial charge in [0, 0.05) is 61.2 Å². The van der Waals surface area contributed by atoms with Gasteiger partial charge in [0.25, 0.3) is 5.56 Å². The lowest BCUT2D eigenvalue weighted by molar-refractivity contribution is -0.0281. The van der Waals surface area contributed by atoms with Gasteiger partial charge in [-0.2, -0.15) is 0 Å². The number of ether oxygens (including phenoxy) is 2. The molecule has 3 N–H and O–H groups in total. The number of hydrogen-bond donors (Lipinski definition) is 3. The van der Waals surface area contributed by atoms with E-state index in [0.717, 1.165) is 10.1 Å². The predicted octanol–water partition coefficient (Wildman–Crippen LogP) is 4.97. The molecule has 0 radical (unpaired) electrons. The van der Waals surface area contributed by atoms with E-state index in [2.05, 4.69) is 15.6 Å². The third kappa shape index (κ3) is 6.24. The van der Waals surface area contributed by atoms with E-state index >= 15 is 0 Å². The van der Waals surface area contributed by atoms with Crippen molar-refractivity contribution in [3.63, 3.8) is 0 Å². The van der Waals surface area contributed by atoms with Gasteiger partial charge in [-0.1, -0.05) is 59.6 Å². The van der Waals surface area contributed by atoms with Crippen molar-refractivity contribution >= 4 is 45.6 Å². The highest BCUT2D eigenvalue weighted by molar-refractivity contribution is 6.39. The van der Waals surface area contributed by atoms with Gasteiger partial charge in [0.2, 0.25) is 5.88 Å². The average molecular weight is 678 g/mol. The third-order valence-electron chi connectivity index (χ3n) is 8.41. The highest BCUT2D eigenvalue weighted by Gasteiger charge is 2.24. The number of aromatic nitrogens is 4. The number of aliphatic hydroxyl groups is 1. The van der Waals surface area contributed by atoms with Crippen molar-refractivity contribution in [2.24, 2.45) is 14.1 Å². The standard InChI is InChI=1S/C34H34Cl2N6O5/c1-18-15-26-28(33(44)42(3)34(45)41(26)2)31(38-18)39-25-10-6-8-21(30(25)36)20-7-5-9-22(29(20)35)23-12-11-19(32(40-23)46-4)16-37-24-13-14-47-17-27(24)43/h5-12,15,24,27,37,43H,13-14,16-17H2,1-4H3,(H,38,39). The molecule has 244 valence electrons. The normalized spacial score (nSPS) is 16.4. The second-order valence-electron chi connectivity index (χ2n) is 11.5. The van der Waals surface area contributed by atoms with Gasteiger partial charge in [-0.3, -0.25) is 13.9 Å². The van der Waals surface area contributed by atoms with Crippen molar-refractivity contribution in [2.75, 3.05) is 25.6 Å². The van der Waals surface area contributed by atoms with E-state index in [9.17, 15) is 14.7 Å². The summed E-state index contributed by atoms with van der Waals surface area (Å²) in [5, 5.41) is 17.9. The van der Waals surface area contributed by atoms with E-state index in [1.807, 2.05) is 42.5 Å². The second-order valence-corrected chi connectivity index (χ2v) is 12.2. The third-order valence-corrected chi connectivity index (χ3v) is 9.22. The van der Waals surface area contributed by atoms with Gasteiger partial charge < -0.3 is 25.2 Å². The molecule has 11 nitrogen and oxygen atoms in total. The van der Waals surface area contributed by atoms with Gasteiger partial charge in [-0.15, -0.1) is 0 Å². The van der Waals surface area contributed by atoms with Gasteiger partial charge in [0.05, 0.1) is 46.8 Å². The average Bonchev–Trinajstić information content (AvgIpc) is 3.07. The first-order valence-corrected chi connectivity index (χ1v) is 15.8. The van der Waals surface area contributed by atoms with Gasteiger partial charge in [0.15, 0.2) is 0 Å². The molecule has 4 heterocycles. The Morgan fingerprint density at radius 3 is 2.47 bits per heavy atom. The topological polar surface area (TPSA) is 133 Å². The maximum Gasteiger partial charge on any atom is 0.330 e. The molecule has 47 heavy (non-hydrogen) atoms. The fourth-order valence-corrected chi connectivity index (χ4v) is 6.44. The number of nitrogens with zero attached hydrogens (tertiary/aromatic N) is 4. The van der Waals surface area contributed by atoms with Crippen LogP contribution in [0.15, 0.2) is 64.2 Å². The number of anilines is 2. The highest BCUT2D eigenvalue weighted by atomic mass is 35.5. The Balaban J connectivity index is 1.34. The van der Waals surface area contributed by atoms with E-state index in [4.69, 9.17) is 37.7 Å². The molecular formula is C34H34Cl2N6O5. The smallest absolute Gasteiger partial charge is 0.330 e. The molecule has 0 aliphatic carbocycles. The lowest BCUT2D eigenvalue weighted by atomic mass is 10.00. The molecule has 0 spiro atoms. The SMILES string of the molecule is COc1nc(-c2cccc(-c3cccc(Nc4nc(C)cc5c4c(=O)n(C)c(=O)n5C)c3Cl)c2Cl)ccc1CNC1CCOCC1O. The van der Waals surface area contributed by atoms with Crippen LogP contribution in [0.5, 0.6) is 5.88 Å². The Morgan fingerprint density at radius 2 is 1.72 bits per heavy atom. The number of methoxy groups -OCH3 is 1. The van der Waals surface area contributed by atoms with Crippen LogP contribution in [0.3, 0.4) is 0 Å². The van der Waals surface area contributed by atoms with E-state index in [-0.39, 0.29) is 17.2 Å². The molecule has 0 bridgehead atoms. The second kappa shape index (κ2) is 13.5. The van der Waals surface area contributed by atoms with Crippen molar-refractivity contribution < 1.29 is 14.6 Å². The van der Waals surface area contributed by atoms with Crippen LogP contribution < -0.4 is 26.6 Å². The van der Waals surface area contributed by atoms with Crippen LogP contribution in [0, 0.1) is 6.92 Å². The first-order valence-electron chi connectivity index (χ1n) is 15.0. The Bertz CT molecular complexity index is 2110. The number of benzene rings is 2. The minimum absolute atomic E-state index is 0.0752. The summed E-state index contributed by atoms with van der Waals surface area (Å²) in [7, 11) is 4.62. The Morgan fingerprint density at radius 1 is 1.00 bits per heavy atom. The van der Waals surface area contributed by atoms with E-state index < -0.39 is 17.4 Å². The minimum atomic E-state index is -0.570. The van der Waals surface area contributed by atoms with Crippen molar-refractivity contribution in [3.05, 3.63) is 96.7 Å². The molecule has 1 fully saturated rings. The molecule has 1 saturated heterocycles. The van der Waals surface area contributed by atoms with Crippen molar-refractivity contribution in [2.45, 2.75) is 32.0 Å².